The summed E-state index contributed by atoms with van der Waals surface area (Å²) in [6, 6.07) is -0.171. The Bertz CT molecular complexity index is 309. The lowest BCUT2D eigenvalue weighted by molar-refractivity contribution is -0.151. The van der Waals surface area contributed by atoms with E-state index in [2.05, 4.69) is 10.2 Å². The van der Waals surface area contributed by atoms with E-state index in [-0.39, 0.29) is 11.9 Å². The Kier molecular flexibility index (Phi) is 5.14. The first-order chi connectivity index (χ1) is 8.40. The molecule has 0 aromatic heterocycles. The van der Waals surface area contributed by atoms with Crippen LogP contribution in [-0.2, 0) is 9.59 Å². The quantitative estimate of drug-likeness (QED) is 0.772. The molecule has 1 unspecified atom stereocenters. The number of piperidine rings is 1. The third-order valence-electron chi connectivity index (χ3n) is 3.89. The van der Waals surface area contributed by atoms with Crippen molar-refractivity contribution in [3.05, 3.63) is 0 Å². The molecule has 0 radical (unpaired) electrons. The van der Waals surface area contributed by atoms with Gasteiger partial charge in [-0.05, 0) is 46.2 Å². The van der Waals surface area contributed by atoms with Crippen LogP contribution in [-0.4, -0.2) is 47.6 Å². The van der Waals surface area contributed by atoms with Crippen LogP contribution in [0.25, 0.3) is 0 Å². The zero-order valence-corrected chi connectivity index (χ0v) is 11.5. The second kappa shape index (κ2) is 6.18. The summed E-state index contributed by atoms with van der Waals surface area (Å²) >= 11 is 0. The standard InChI is InChI=1S/C13H24N2O3/c1-4-7-14-11(16)10(2)15-8-5-13(3,6-9-15)12(17)18/h10H,4-9H2,1-3H3,(H,14,16)(H,17,18). The summed E-state index contributed by atoms with van der Waals surface area (Å²) in [6.45, 7) is 7.73. The second-order valence-electron chi connectivity index (χ2n) is 5.37. The van der Waals surface area contributed by atoms with Gasteiger partial charge in [-0.3, -0.25) is 14.5 Å². The molecule has 0 saturated carbocycles. The van der Waals surface area contributed by atoms with Crippen molar-refractivity contribution in [2.24, 2.45) is 5.41 Å². The largest absolute Gasteiger partial charge is 0.481 e. The number of nitrogens with zero attached hydrogens (tertiary/aromatic N) is 1. The van der Waals surface area contributed by atoms with Gasteiger partial charge in [0.05, 0.1) is 11.5 Å². The van der Waals surface area contributed by atoms with E-state index >= 15 is 0 Å². The van der Waals surface area contributed by atoms with E-state index in [0.717, 1.165) is 6.42 Å². The van der Waals surface area contributed by atoms with E-state index < -0.39 is 11.4 Å². The Morgan fingerprint density at radius 2 is 1.94 bits per heavy atom. The maximum absolute atomic E-state index is 11.8. The topological polar surface area (TPSA) is 69.6 Å². The maximum atomic E-state index is 11.8. The number of rotatable bonds is 5. The number of hydrogen-bond acceptors (Lipinski definition) is 3. The first-order valence-electron chi connectivity index (χ1n) is 6.66. The van der Waals surface area contributed by atoms with E-state index in [0.29, 0.717) is 32.5 Å². The molecule has 5 heteroatoms. The number of hydrogen-bond donors (Lipinski definition) is 2. The molecule has 0 aromatic rings. The van der Waals surface area contributed by atoms with Crippen molar-refractivity contribution in [3.8, 4) is 0 Å². The van der Waals surface area contributed by atoms with Gasteiger partial charge in [-0.2, -0.15) is 0 Å². The van der Waals surface area contributed by atoms with Crippen LogP contribution in [0.2, 0.25) is 0 Å². The Hall–Kier alpha value is -1.10. The molecule has 1 aliphatic heterocycles. The normalized spacial score (nSPS) is 21.3. The van der Waals surface area contributed by atoms with Gasteiger partial charge in [-0.25, -0.2) is 0 Å². The number of carbonyl (C=O) groups excluding carboxylic acids is 1. The van der Waals surface area contributed by atoms with Gasteiger partial charge in [-0.1, -0.05) is 6.92 Å². The predicted octanol–water partition coefficient (Wildman–Crippen LogP) is 1.09. The zero-order chi connectivity index (χ0) is 13.8. The lowest BCUT2D eigenvalue weighted by atomic mass is 9.80. The molecule has 1 atom stereocenters. The molecule has 104 valence electrons. The molecule has 1 aliphatic rings. The number of amides is 1. The van der Waals surface area contributed by atoms with Gasteiger partial charge in [-0.15, -0.1) is 0 Å². The van der Waals surface area contributed by atoms with Gasteiger partial charge in [0.2, 0.25) is 5.91 Å². The summed E-state index contributed by atoms with van der Waals surface area (Å²) < 4.78 is 0. The molecular weight excluding hydrogens is 232 g/mol. The number of aliphatic carboxylic acids is 1. The molecule has 5 nitrogen and oxygen atoms in total. The van der Waals surface area contributed by atoms with E-state index in [1.165, 1.54) is 0 Å². The van der Waals surface area contributed by atoms with E-state index in [4.69, 9.17) is 5.11 Å². The van der Waals surface area contributed by atoms with Gasteiger partial charge >= 0.3 is 5.97 Å². The first-order valence-corrected chi connectivity index (χ1v) is 6.66. The molecule has 0 spiro atoms. The molecular formula is C13H24N2O3. The third kappa shape index (κ3) is 3.45. The van der Waals surface area contributed by atoms with Crippen molar-refractivity contribution in [2.75, 3.05) is 19.6 Å². The highest BCUT2D eigenvalue weighted by Gasteiger charge is 2.38. The minimum atomic E-state index is -0.731. The van der Waals surface area contributed by atoms with Crippen molar-refractivity contribution < 1.29 is 14.7 Å². The van der Waals surface area contributed by atoms with Gasteiger partial charge in [0.25, 0.3) is 0 Å². The Labute approximate surface area is 109 Å². The molecule has 0 bridgehead atoms. The number of likely N-dealkylation sites (tertiary alicyclic amines) is 1. The van der Waals surface area contributed by atoms with Crippen molar-refractivity contribution in [1.29, 1.82) is 0 Å². The first kappa shape index (κ1) is 15.0. The lowest BCUT2D eigenvalue weighted by Crippen LogP contribution is -2.51. The molecule has 1 fully saturated rings. The number of carbonyl (C=O) groups is 2. The molecule has 18 heavy (non-hydrogen) atoms. The van der Waals surface area contributed by atoms with E-state index in [9.17, 15) is 9.59 Å². The molecule has 1 heterocycles. The monoisotopic (exact) mass is 256 g/mol. The average molecular weight is 256 g/mol. The van der Waals surface area contributed by atoms with Gasteiger partial charge in [0.1, 0.15) is 0 Å². The number of nitrogens with one attached hydrogen (secondary N) is 1. The number of carboxylic acid groups (broad SMARTS) is 1. The summed E-state index contributed by atoms with van der Waals surface area (Å²) in [5.74, 6) is -0.694. The predicted molar refractivity (Wildman–Crippen MR) is 69.3 cm³/mol. The van der Waals surface area contributed by atoms with Gasteiger partial charge < -0.3 is 10.4 Å². The summed E-state index contributed by atoms with van der Waals surface area (Å²) in [5, 5.41) is 12.0. The van der Waals surface area contributed by atoms with Crippen LogP contribution in [0.3, 0.4) is 0 Å². The van der Waals surface area contributed by atoms with Crippen LogP contribution >= 0.6 is 0 Å². The van der Waals surface area contributed by atoms with Crippen LogP contribution < -0.4 is 5.32 Å². The molecule has 2 N–H and O–H groups in total. The molecule has 1 saturated heterocycles. The zero-order valence-electron chi connectivity index (χ0n) is 11.5. The van der Waals surface area contributed by atoms with Crippen molar-refractivity contribution >= 4 is 11.9 Å². The van der Waals surface area contributed by atoms with Crippen molar-refractivity contribution in [3.63, 3.8) is 0 Å². The molecule has 1 amide bonds. The van der Waals surface area contributed by atoms with Gasteiger partial charge in [0.15, 0.2) is 0 Å². The highest BCUT2D eigenvalue weighted by molar-refractivity contribution is 5.81. The highest BCUT2D eigenvalue weighted by Crippen LogP contribution is 2.31. The summed E-state index contributed by atoms with van der Waals surface area (Å²) in [5.41, 5.74) is -0.629. The van der Waals surface area contributed by atoms with Crippen molar-refractivity contribution in [2.45, 2.75) is 46.1 Å². The highest BCUT2D eigenvalue weighted by atomic mass is 16.4. The average Bonchev–Trinajstić information content (AvgIpc) is 2.35. The van der Waals surface area contributed by atoms with Crippen LogP contribution in [0, 0.1) is 5.41 Å². The maximum Gasteiger partial charge on any atom is 0.309 e. The second-order valence-corrected chi connectivity index (χ2v) is 5.37. The third-order valence-corrected chi connectivity index (χ3v) is 3.89. The SMILES string of the molecule is CCCNC(=O)C(C)N1CCC(C)(C(=O)O)CC1. The smallest absolute Gasteiger partial charge is 0.309 e. The minimum absolute atomic E-state index is 0.0378. The fourth-order valence-corrected chi connectivity index (χ4v) is 2.18. The summed E-state index contributed by atoms with van der Waals surface area (Å²) in [4.78, 5) is 25.0. The Morgan fingerprint density at radius 1 is 1.39 bits per heavy atom. The van der Waals surface area contributed by atoms with Gasteiger partial charge in [0, 0.05) is 6.54 Å². The lowest BCUT2D eigenvalue weighted by Gasteiger charge is -2.38. The molecule has 1 rings (SSSR count). The molecule has 0 aliphatic carbocycles. The van der Waals surface area contributed by atoms with E-state index in [1.54, 1.807) is 6.92 Å². The summed E-state index contributed by atoms with van der Waals surface area (Å²) in [7, 11) is 0. The molecule has 0 aromatic carbocycles. The fraction of sp³-hybridized carbons (Fsp3) is 0.846. The number of carboxylic acids is 1. The van der Waals surface area contributed by atoms with Crippen LogP contribution in [0.5, 0.6) is 0 Å². The summed E-state index contributed by atoms with van der Waals surface area (Å²) in [6.07, 6.45) is 2.14. The fourth-order valence-electron chi connectivity index (χ4n) is 2.18. The minimum Gasteiger partial charge on any atom is -0.481 e. The van der Waals surface area contributed by atoms with Crippen LogP contribution in [0.1, 0.15) is 40.0 Å². The Morgan fingerprint density at radius 3 is 2.39 bits per heavy atom. The van der Waals surface area contributed by atoms with Crippen molar-refractivity contribution in [1.82, 2.24) is 10.2 Å². The van der Waals surface area contributed by atoms with E-state index in [1.807, 2.05) is 13.8 Å². The van der Waals surface area contributed by atoms with Crippen LogP contribution in [0.15, 0.2) is 0 Å². The Balaban J connectivity index is 2.47. The van der Waals surface area contributed by atoms with Crippen LogP contribution in [0.4, 0.5) is 0 Å².